The quantitative estimate of drug-likeness (QED) is 0.0414. The maximum absolute atomic E-state index is 12.6. The molecule has 0 aliphatic carbocycles. The average molecular weight is 863 g/mol. The van der Waals surface area contributed by atoms with Crippen LogP contribution >= 0.6 is 0 Å². The van der Waals surface area contributed by atoms with Crippen molar-refractivity contribution in [2.45, 2.75) is 66.2 Å². The Labute approximate surface area is 370 Å². The van der Waals surface area contributed by atoms with Crippen molar-refractivity contribution in [3.63, 3.8) is 0 Å². The summed E-state index contributed by atoms with van der Waals surface area (Å²) in [4.78, 5) is 15.9. The molecule has 0 spiro atoms. The molecule has 0 unspecified atom stereocenters. The largest absolute Gasteiger partial charge is 0.507 e. The van der Waals surface area contributed by atoms with Crippen molar-refractivity contribution in [2.24, 2.45) is 9.98 Å². The van der Waals surface area contributed by atoms with Crippen molar-refractivity contribution >= 4 is 55.8 Å². The molecular formula is C52H54N4O8. The lowest BCUT2D eigenvalue weighted by Crippen LogP contribution is -2.01. The minimum absolute atomic E-state index is 0.125. The number of hydrogen-bond acceptors (Lipinski definition) is 10. The Morgan fingerprint density at radius 1 is 0.531 bits per heavy atom. The normalized spacial score (nSPS) is 12.2. The van der Waals surface area contributed by atoms with Crippen LogP contribution in [0.5, 0.6) is 46.0 Å². The molecule has 0 atom stereocenters. The number of aromatic nitrogens is 2. The van der Waals surface area contributed by atoms with Gasteiger partial charge in [-0.05, 0) is 108 Å². The summed E-state index contributed by atoms with van der Waals surface area (Å²) in [6.07, 6.45) is 7.92. The summed E-state index contributed by atoms with van der Waals surface area (Å²) in [5, 5.41) is 74.9. The Hall–Kier alpha value is -7.34. The van der Waals surface area contributed by atoms with Crippen molar-refractivity contribution < 1.29 is 40.1 Å². The molecule has 2 heterocycles. The van der Waals surface area contributed by atoms with E-state index in [0.717, 1.165) is 44.4 Å². The van der Waals surface area contributed by atoms with Gasteiger partial charge in [0.25, 0.3) is 0 Å². The van der Waals surface area contributed by atoms with E-state index >= 15 is 0 Å². The Morgan fingerprint density at radius 3 is 1.28 bits per heavy atom. The number of fused-ring (bicyclic) bond motifs is 4. The van der Waals surface area contributed by atoms with Gasteiger partial charge in [0, 0.05) is 104 Å². The molecule has 0 aliphatic rings. The smallest absolute Gasteiger partial charge is 0.167 e. The number of aliphatic imine (C=N–C) groups is 2. The van der Waals surface area contributed by atoms with Gasteiger partial charge >= 0.3 is 0 Å². The van der Waals surface area contributed by atoms with E-state index in [1.165, 1.54) is 12.4 Å². The predicted octanol–water partition coefficient (Wildman–Crippen LogP) is 11.1. The van der Waals surface area contributed by atoms with E-state index in [1.54, 1.807) is 14.2 Å². The van der Waals surface area contributed by atoms with Crippen molar-refractivity contribution in [1.82, 2.24) is 9.97 Å². The number of nitrogens with zero attached hydrogens (tertiary/aromatic N) is 2. The maximum atomic E-state index is 12.6. The van der Waals surface area contributed by atoms with Gasteiger partial charge in [0.15, 0.2) is 23.0 Å². The van der Waals surface area contributed by atoms with Gasteiger partial charge < -0.3 is 50.1 Å². The highest BCUT2D eigenvalue weighted by Crippen LogP contribution is 2.54. The number of aromatic hydroxyl groups is 6. The lowest BCUT2D eigenvalue weighted by molar-refractivity contribution is 0.398. The molecule has 8 N–H and O–H groups in total. The second kappa shape index (κ2) is 17.1. The number of methoxy groups -OCH3 is 2. The van der Waals surface area contributed by atoms with Gasteiger partial charge in [0.05, 0.1) is 14.2 Å². The molecule has 2 aromatic heterocycles. The molecule has 0 amide bonds. The number of benzene rings is 6. The van der Waals surface area contributed by atoms with E-state index in [1.807, 2.05) is 102 Å². The molecular weight excluding hydrogens is 809 g/mol. The number of aryl methyl sites for hydroxylation is 2. The van der Waals surface area contributed by atoms with E-state index < -0.39 is 11.5 Å². The zero-order valence-electron chi connectivity index (χ0n) is 37.3. The number of phenolic OH excluding ortho intramolecular Hbond substituents is 6. The topological polar surface area (TPSA) is 196 Å². The van der Waals surface area contributed by atoms with Gasteiger partial charge in [0.1, 0.15) is 23.0 Å². The summed E-state index contributed by atoms with van der Waals surface area (Å²) in [7, 11) is 3.25. The summed E-state index contributed by atoms with van der Waals surface area (Å²) in [5.74, 6) is -0.913. The van der Waals surface area contributed by atoms with E-state index in [0.29, 0.717) is 70.1 Å². The van der Waals surface area contributed by atoms with Crippen LogP contribution < -0.4 is 9.47 Å². The van der Waals surface area contributed by atoms with Crippen molar-refractivity contribution in [1.29, 1.82) is 0 Å². The third kappa shape index (κ3) is 7.32. The zero-order chi connectivity index (χ0) is 45.7. The molecule has 0 radical (unpaired) electrons. The predicted molar refractivity (Wildman–Crippen MR) is 257 cm³/mol. The Balaban J connectivity index is 1.26. The first-order valence-corrected chi connectivity index (χ1v) is 21.4. The van der Waals surface area contributed by atoms with Gasteiger partial charge in [-0.15, -0.1) is 0 Å². The monoisotopic (exact) mass is 862 g/mol. The minimum atomic E-state index is -0.423. The molecule has 12 heteroatoms. The molecule has 0 bridgehead atoms. The highest BCUT2D eigenvalue weighted by atomic mass is 16.5. The zero-order valence-corrected chi connectivity index (χ0v) is 37.3. The fourth-order valence-electron chi connectivity index (χ4n) is 9.29. The highest BCUT2D eigenvalue weighted by molar-refractivity contribution is 6.15. The van der Waals surface area contributed by atoms with Gasteiger partial charge in [-0.3, -0.25) is 9.98 Å². The van der Waals surface area contributed by atoms with Crippen LogP contribution in [0.4, 0.5) is 0 Å². The summed E-state index contributed by atoms with van der Waals surface area (Å²) in [6, 6.07) is 15.3. The Kier molecular flexibility index (Phi) is 11.6. The summed E-state index contributed by atoms with van der Waals surface area (Å²) in [6.45, 7) is 11.9. The van der Waals surface area contributed by atoms with Crippen LogP contribution in [0.3, 0.4) is 0 Å². The van der Waals surface area contributed by atoms with E-state index in [9.17, 15) is 30.6 Å². The third-order valence-electron chi connectivity index (χ3n) is 12.4. The Bertz CT molecular complexity index is 2980. The van der Waals surface area contributed by atoms with Gasteiger partial charge in [-0.1, -0.05) is 39.8 Å². The third-order valence-corrected chi connectivity index (χ3v) is 12.4. The molecule has 12 nitrogen and oxygen atoms in total. The molecule has 0 aliphatic heterocycles. The first kappa shape index (κ1) is 43.3. The lowest BCUT2D eigenvalue weighted by Gasteiger charge is -2.23. The maximum Gasteiger partial charge on any atom is 0.167 e. The molecule has 0 fully saturated rings. The molecule has 0 saturated carbocycles. The van der Waals surface area contributed by atoms with Crippen LogP contribution in [0, 0.1) is 13.8 Å². The van der Waals surface area contributed by atoms with Crippen LogP contribution in [-0.4, -0.2) is 80.3 Å². The van der Waals surface area contributed by atoms with Crippen molar-refractivity contribution in [3.8, 4) is 57.1 Å². The summed E-state index contributed by atoms with van der Waals surface area (Å²) >= 11 is 0. The van der Waals surface area contributed by atoms with E-state index in [2.05, 4.69) is 20.0 Å². The number of rotatable bonds is 13. The standard InChI is InChI=1S/C52H54N4O8/c1-25(2)41-35-17-27(5)43(49(59)45(35)37(47(57)51(41)61)23-53-15-13-29-21-55-39-11-9-31(63-7)19-33(29)39)44-28(6)18-36-42(26(3)4)52(62)48(58)38(46(36)50(44)60)24-54-16-14-30-22-56-40-12-10-32(64-8)20-34(30)40/h9-12,17-26,55-62H,13-16H2,1-8H3. The first-order chi connectivity index (χ1) is 30.7. The van der Waals surface area contributed by atoms with Gasteiger partial charge in [-0.25, -0.2) is 0 Å². The van der Waals surface area contributed by atoms with Crippen LogP contribution in [0.25, 0.3) is 54.5 Å². The summed E-state index contributed by atoms with van der Waals surface area (Å²) in [5.41, 5.74) is 6.91. The second-order valence-electron chi connectivity index (χ2n) is 17.1. The number of aromatic amines is 2. The molecule has 8 rings (SSSR count). The first-order valence-electron chi connectivity index (χ1n) is 21.4. The van der Waals surface area contributed by atoms with Crippen molar-refractivity contribution in [2.75, 3.05) is 27.3 Å². The van der Waals surface area contributed by atoms with Gasteiger partial charge in [0.2, 0.25) is 0 Å². The molecule has 0 saturated heterocycles. The molecule has 64 heavy (non-hydrogen) atoms. The molecule has 6 aromatic carbocycles. The van der Waals surface area contributed by atoms with Crippen LogP contribution in [0.15, 0.2) is 70.9 Å². The van der Waals surface area contributed by atoms with Crippen LogP contribution in [0.2, 0.25) is 0 Å². The SMILES string of the molecule is COc1ccc2[nH]cc(CCN=Cc3c(O)c(O)c(C(C)C)c4cc(C)c(-c5c(C)cc6c(C(C)C)c(O)c(O)c(C=NCCc7c[nH]c8ccc(OC)cc78)c6c5O)c(O)c34)c2c1. The van der Waals surface area contributed by atoms with Crippen molar-refractivity contribution in [3.05, 3.63) is 105 Å². The number of H-pyrrole nitrogens is 2. The fraction of sp³-hybridized carbons (Fsp3) is 0.269. The van der Waals surface area contributed by atoms with E-state index in [4.69, 9.17) is 9.47 Å². The number of nitrogens with one attached hydrogen (secondary N) is 2. The average Bonchev–Trinajstić information content (AvgIpc) is 3.87. The second-order valence-corrected chi connectivity index (χ2v) is 17.1. The van der Waals surface area contributed by atoms with E-state index in [-0.39, 0.29) is 56.7 Å². The fourth-order valence-corrected chi connectivity index (χ4v) is 9.29. The summed E-state index contributed by atoms with van der Waals surface area (Å²) < 4.78 is 10.9. The number of ether oxygens (including phenoxy) is 2. The number of hydrogen-bond donors (Lipinski definition) is 8. The van der Waals surface area contributed by atoms with Gasteiger partial charge in [-0.2, -0.15) is 0 Å². The van der Waals surface area contributed by atoms with Crippen LogP contribution in [-0.2, 0) is 12.8 Å². The molecule has 8 aromatic rings. The highest BCUT2D eigenvalue weighted by Gasteiger charge is 2.29. The van der Waals surface area contributed by atoms with Crippen LogP contribution in [0.1, 0.15) is 84.0 Å². The minimum Gasteiger partial charge on any atom is -0.507 e. The Morgan fingerprint density at radius 2 is 0.922 bits per heavy atom. The lowest BCUT2D eigenvalue weighted by atomic mass is 9.83. The number of phenols is 6. The molecule has 330 valence electrons.